The number of carboxylic acid groups (broad SMARTS) is 1. The van der Waals surface area contributed by atoms with Crippen LogP contribution in [0.4, 0.5) is 5.69 Å². The van der Waals surface area contributed by atoms with Gasteiger partial charge in [0.05, 0.1) is 12.7 Å². The molecule has 3 N–H and O–H groups in total. The Morgan fingerprint density at radius 1 is 1.23 bits per heavy atom. The molecule has 0 saturated heterocycles. The first-order chi connectivity index (χ1) is 14.5. The van der Waals surface area contributed by atoms with Crippen LogP contribution in [0.15, 0.2) is 42.6 Å². The van der Waals surface area contributed by atoms with Gasteiger partial charge in [0, 0.05) is 41.9 Å². The number of nitrogens with one attached hydrogen (secondary N) is 2. The molecule has 6 heteroatoms. The summed E-state index contributed by atoms with van der Waals surface area (Å²) in [5.74, 6) is 0.0918. The number of fused-ring (bicyclic) bond motifs is 1. The van der Waals surface area contributed by atoms with Gasteiger partial charge < -0.3 is 20.1 Å². The zero-order chi connectivity index (χ0) is 22.1. The van der Waals surface area contributed by atoms with Crippen molar-refractivity contribution in [1.29, 1.82) is 0 Å². The van der Waals surface area contributed by atoms with Crippen LogP contribution in [0.1, 0.15) is 41.8 Å². The van der Waals surface area contributed by atoms with Gasteiger partial charge >= 0.3 is 5.97 Å². The van der Waals surface area contributed by atoms with Gasteiger partial charge in [-0.3, -0.25) is 4.90 Å². The topological polar surface area (TPSA) is 77.6 Å². The number of H-pyrrole nitrogens is 1. The predicted octanol–water partition coefficient (Wildman–Crippen LogP) is 5.14. The fourth-order valence-corrected chi connectivity index (χ4v) is 3.56. The molecule has 3 rings (SSSR count). The molecule has 0 radical (unpaired) electrons. The standard InChI is InChI=1S/C16H24N2O.C8H9NO2/c1-5-9-18(6-2)11-14-13-7-8-17-16(13)12(3)10-15(14)19-4;1-9-7-5-3-2-4-6(7)8(10)11/h7-8,10,17H,5-6,9,11H2,1-4H3;2-5,9H,1H3,(H,10,11). The molecule has 6 nitrogen and oxygen atoms in total. The molecule has 0 fully saturated rings. The maximum atomic E-state index is 10.5. The van der Waals surface area contributed by atoms with Crippen LogP contribution in [0.5, 0.6) is 5.75 Å². The highest BCUT2D eigenvalue weighted by Gasteiger charge is 2.14. The fraction of sp³-hybridized carbons (Fsp3) is 0.375. The Morgan fingerprint density at radius 2 is 1.97 bits per heavy atom. The zero-order valence-corrected chi connectivity index (χ0v) is 18.6. The quantitative estimate of drug-likeness (QED) is 0.478. The van der Waals surface area contributed by atoms with Crippen LogP contribution in [-0.4, -0.2) is 48.2 Å². The van der Waals surface area contributed by atoms with Gasteiger partial charge in [0.1, 0.15) is 5.75 Å². The van der Waals surface area contributed by atoms with Crippen LogP contribution in [0, 0.1) is 6.92 Å². The van der Waals surface area contributed by atoms with E-state index in [2.05, 4.69) is 48.1 Å². The molecule has 0 aliphatic heterocycles. The number of ether oxygens (including phenoxy) is 1. The zero-order valence-electron chi connectivity index (χ0n) is 18.6. The van der Waals surface area contributed by atoms with Crippen molar-refractivity contribution in [3.05, 3.63) is 59.3 Å². The van der Waals surface area contributed by atoms with Crippen LogP contribution in [-0.2, 0) is 6.54 Å². The molecule has 1 aromatic heterocycles. The Bertz CT molecular complexity index is 965. The third kappa shape index (κ3) is 5.54. The monoisotopic (exact) mass is 411 g/mol. The van der Waals surface area contributed by atoms with E-state index in [0.717, 1.165) is 25.4 Å². The molecule has 0 amide bonds. The lowest BCUT2D eigenvalue weighted by Crippen LogP contribution is -2.24. The van der Waals surface area contributed by atoms with Gasteiger partial charge in [-0.2, -0.15) is 0 Å². The second-order valence-corrected chi connectivity index (χ2v) is 7.11. The van der Waals surface area contributed by atoms with E-state index in [-0.39, 0.29) is 0 Å². The SMILES string of the molecule is CCCN(CC)Cc1c(OC)cc(C)c2[nH]ccc12.CNc1ccccc1C(=O)O. The highest BCUT2D eigenvalue weighted by atomic mass is 16.5. The molecule has 30 heavy (non-hydrogen) atoms. The Balaban J connectivity index is 0.000000248. The second kappa shape index (κ2) is 11.3. The van der Waals surface area contributed by atoms with Gasteiger partial charge in [0.25, 0.3) is 0 Å². The summed E-state index contributed by atoms with van der Waals surface area (Å²) in [6.07, 6.45) is 3.19. The van der Waals surface area contributed by atoms with E-state index in [1.807, 2.05) is 6.20 Å². The highest BCUT2D eigenvalue weighted by molar-refractivity contribution is 5.94. The average Bonchev–Trinajstić information content (AvgIpc) is 3.26. The summed E-state index contributed by atoms with van der Waals surface area (Å²) < 4.78 is 5.59. The van der Waals surface area contributed by atoms with Crippen LogP contribution < -0.4 is 10.1 Å². The van der Waals surface area contributed by atoms with Crippen molar-refractivity contribution >= 4 is 22.6 Å². The minimum atomic E-state index is -0.907. The Morgan fingerprint density at radius 3 is 2.53 bits per heavy atom. The number of methoxy groups -OCH3 is 1. The van der Waals surface area contributed by atoms with Crippen molar-refractivity contribution in [3.8, 4) is 5.75 Å². The number of rotatable bonds is 8. The van der Waals surface area contributed by atoms with Crippen molar-refractivity contribution < 1.29 is 14.6 Å². The summed E-state index contributed by atoms with van der Waals surface area (Å²) in [5, 5.41) is 12.7. The summed E-state index contributed by atoms with van der Waals surface area (Å²) in [7, 11) is 3.45. The van der Waals surface area contributed by atoms with E-state index in [0.29, 0.717) is 11.3 Å². The smallest absolute Gasteiger partial charge is 0.337 e. The summed E-state index contributed by atoms with van der Waals surface area (Å²) in [6, 6.07) is 11.1. The number of anilines is 1. The van der Waals surface area contributed by atoms with E-state index >= 15 is 0 Å². The fourth-order valence-electron chi connectivity index (χ4n) is 3.56. The van der Waals surface area contributed by atoms with Crippen molar-refractivity contribution in [2.24, 2.45) is 0 Å². The van der Waals surface area contributed by atoms with Gasteiger partial charge in [-0.1, -0.05) is 26.0 Å². The first kappa shape index (κ1) is 23.3. The number of carboxylic acids is 1. The molecule has 0 saturated carbocycles. The van der Waals surface area contributed by atoms with Gasteiger partial charge in [0.2, 0.25) is 0 Å². The molecule has 0 aliphatic rings. The third-order valence-corrected chi connectivity index (χ3v) is 5.13. The molecule has 2 aromatic carbocycles. The first-order valence-electron chi connectivity index (χ1n) is 10.3. The van der Waals surface area contributed by atoms with E-state index in [4.69, 9.17) is 9.84 Å². The van der Waals surface area contributed by atoms with E-state index in [1.54, 1.807) is 38.4 Å². The summed E-state index contributed by atoms with van der Waals surface area (Å²) in [5.41, 5.74) is 4.69. The number of hydrogen-bond donors (Lipinski definition) is 3. The number of nitrogens with zero attached hydrogens (tertiary/aromatic N) is 1. The molecule has 0 atom stereocenters. The Labute approximate surface area is 178 Å². The minimum Gasteiger partial charge on any atom is -0.496 e. The number of aromatic carboxylic acids is 1. The average molecular weight is 412 g/mol. The summed E-state index contributed by atoms with van der Waals surface area (Å²) >= 11 is 0. The van der Waals surface area contributed by atoms with Crippen molar-refractivity contribution in [2.75, 3.05) is 32.6 Å². The van der Waals surface area contributed by atoms with E-state index in [1.165, 1.54) is 28.5 Å². The van der Waals surface area contributed by atoms with E-state index < -0.39 is 5.97 Å². The number of carbonyl (C=O) groups is 1. The summed E-state index contributed by atoms with van der Waals surface area (Å²) in [4.78, 5) is 16.3. The normalized spacial score (nSPS) is 10.6. The second-order valence-electron chi connectivity index (χ2n) is 7.11. The number of hydrogen-bond acceptors (Lipinski definition) is 4. The minimum absolute atomic E-state index is 0.301. The number of aryl methyl sites for hydroxylation is 1. The Kier molecular flexibility index (Phi) is 8.74. The molecule has 0 unspecified atom stereocenters. The highest BCUT2D eigenvalue weighted by Crippen LogP contribution is 2.31. The molecule has 0 bridgehead atoms. The molecule has 162 valence electrons. The third-order valence-electron chi connectivity index (χ3n) is 5.13. The number of para-hydroxylation sites is 1. The van der Waals surface area contributed by atoms with Crippen LogP contribution in [0.3, 0.4) is 0 Å². The van der Waals surface area contributed by atoms with Crippen LogP contribution in [0.25, 0.3) is 10.9 Å². The molecular weight excluding hydrogens is 378 g/mol. The Hall–Kier alpha value is -2.99. The maximum Gasteiger partial charge on any atom is 0.337 e. The van der Waals surface area contributed by atoms with Gasteiger partial charge in [0.15, 0.2) is 0 Å². The number of aromatic amines is 1. The van der Waals surface area contributed by atoms with Crippen LogP contribution in [0.2, 0.25) is 0 Å². The lowest BCUT2D eigenvalue weighted by molar-refractivity contribution is 0.0698. The lowest BCUT2D eigenvalue weighted by atomic mass is 10.0. The largest absolute Gasteiger partial charge is 0.496 e. The first-order valence-corrected chi connectivity index (χ1v) is 10.3. The maximum absolute atomic E-state index is 10.5. The van der Waals surface area contributed by atoms with Gasteiger partial charge in [-0.05, 0) is 56.3 Å². The van der Waals surface area contributed by atoms with Crippen molar-refractivity contribution in [1.82, 2.24) is 9.88 Å². The number of benzene rings is 2. The lowest BCUT2D eigenvalue weighted by Gasteiger charge is -2.22. The summed E-state index contributed by atoms with van der Waals surface area (Å²) in [6.45, 7) is 9.69. The van der Waals surface area contributed by atoms with Crippen LogP contribution >= 0.6 is 0 Å². The molecule has 1 heterocycles. The van der Waals surface area contributed by atoms with Crippen molar-refractivity contribution in [3.63, 3.8) is 0 Å². The van der Waals surface area contributed by atoms with Crippen molar-refractivity contribution in [2.45, 2.75) is 33.7 Å². The van der Waals surface area contributed by atoms with E-state index in [9.17, 15) is 4.79 Å². The van der Waals surface area contributed by atoms with Gasteiger partial charge in [-0.15, -0.1) is 0 Å². The molecular formula is C24H33N3O3. The molecule has 0 spiro atoms. The molecule has 3 aromatic rings. The number of aromatic nitrogens is 1. The predicted molar refractivity (Wildman–Crippen MR) is 124 cm³/mol. The van der Waals surface area contributed by atoms with Gasteiger partial charge in [-0.25, -0.2) is 4.79 Å². The molecule has 0 aliphatic carbocycles.